The Bertz CT molecular complexity index is 287. The number of hydrogen-bond donors (Lipinski definition) is 4. The molecule has 0 spiro atoms. The van der Waals surface area contributed by atoms with E-state index in [0.717, 1.165) is 0 Å². The lowest BCUT2D eigenvalue weighted by Gasteiger charge is -2.12. The molecule has 0 rings (SSSR count). The molecule has 2 amide bonds. The van der Waals surface area contributed by atoms with E-state index in [1.54, 1.807) is 0 Å². The molecule has 1 atom stereocenters. The summed E-state index contributed by atoms with van der Waals surface area (Å²) in [5.74, 6) is -1.59. The summed E-state index contributed by atoms with van der Waals surface area (Å²) in [7, 11) is 0. The van der Waals surface area contributed by atoms with Gasteiger partial charge in [0.1, 0.15) is 6.67 Å². The normalized spacial score (nSPS) is 11.1. The van der Waals surface area contributed by atoms with E-state index in [9.17, 15) is 14.4 Å². The Labute approximate surface area is 91.4 Å². The molecule has 0 aliphatic carbocycles. The molecule has 0 bridgehead atoms. The van der Waals surface area contributed by atoms with Crippen LogP contribution in [0.4, 0.5) is 4.79 Å². The molecule has 0 heterocycles. The van der Waals surface area contributed by atoms with Crippen molar-refractivity contribution in [3.63, 3.8) is 0 Å². The van der Waals surface area contributed by atoms with Gasteiger partial charge in [0, 0.05) is 19.1 Å². The first kappa shape index (κ1) is 14.1. The first-order valence-corrected chi connectivity index (χ1v) is 4.48. The minimum atomic E-state index is -1.05. The van der Waals surface area contributed by atoms with E-state index in [1.165, 1.54) is 6.08 Å². The van der Waals surface area contributed by atoms with Crippen LogP contribution in [0, 0.1) is 5.92 Å². The van der Waals surface area contributed by atoms with Gasteiger partial charge in [-0.2, -0.15) is 4.99 Å². The predicted molar refractivity (Wildman–Crippen MR) is 52.4 cm³/mol. The first-order chi connectivity index (χ1) is 7.60. The molecule has 16 heavy (non-hydrogen) atoms. The third-order valence-electron chi connectivity index (χ3n) is 1.66. The SMILES string of the molecule is O=C=NCNC(=O)NCC(CO)CC(=O)O. The fourth-order valence-corrected chi connectivity index (χ4v) is 0.891. The van der Waals surface area contributed by atoms with Gasteiger partial charge in [0.25, 0.3) is 0 Å². The summed E-state index contributed by atoms with van der Waals surface area (Å²) in [6.07, 6.45) is 1.01. The van der Waals surface area contributed by atoms with Gasteiger partial charge in [-0.3, -0.25) is 4.79 Å². The van der Waals surface area contributed by atoms with Crippen LogP contribution >= 0.6 is 0 Å². The Morgan fingerprint density at radius 2 is 2.06 bits per heavy atom. The molecular weight excluding hydrogens is 218 g/mol. The lowest BCUT2D eigenvalue weighted by Crippen LogP contribution is -2.39. The second-order valence-electron chi connectivity index (χ2n) is 2.94. The summed E-state index contributed by atoms with van der Waals surface area (Å²) in [5.41, 5.74) is 0. The van der Waals surface area contributed by atoms with Crippen molar-refractivity contribution in [1.82, 2.24) is 10.6 Å². The van der Waals surface area contributed by atoms with E-state index in [4.69, 9.17) is 10.2 Å². The van der Waals surface area contributed by atoms with Crippen LogP contribution in [0.2, 0.25) is 0 Å². The van der Waals surface area contributed by atoms with Crippen LogP contribution in [0.5, 0.6) is 0 Å². The van der Waals surface area contributed by atoms with Gasteiger partial charge in [0.2, 0.25) is 6.08 Å². The van der Waals surface area contributed by atoms with Crippen LogP contribution < -0.4 is 10.6 Å². The highest BCUT2D eigenvalue weighted by molar-refractivity contribution is 5.74. The quantitative estimate of drug-likeness (QED) is 0.318. The zero-order valence-electron chi connectivity index (χ0n) is 8.47. The second kappa shape index (κ2) is 8.39. The molecule has 0 aliphatic rings. The summed E-state index contributed by atoms with van der Waals surface area (Å²) in [6, 6.07) is -0.595. The Morgan fingerprint density at radius 3 is 2.56 bits per heavy atom. The number of hydrogen-bond acceptors (Lipinski definition) is 5. The van der Waals surface area contributed by atoms with Crippen LogP contribution in [0.1, 0.15) is 6.42 Å². The minimum absolute atomic E-state index is 0.0272. The van der Waals surface area contributed by atoms with Gasteiger partial charge in [0.15, 0.2) is 0 Å². The van der Waals surface area contributed by atoms with E-state index in [-0.39, 0.29) is 26.2 Å². The van der Waals surface area contributed by atoms with Crippen LogP contribution in [0.3, 0.4) is 0 Å². The van der Waals surface area contributed by atoms with E-state index in [0.29, 0.717) is 0 Å². The van der Waals surface area contributed by atoms with Crippen molar-refractivity contribution in [2.45, 2.75) is 6.42 Å². The van der Waals surface area contributed by atoms with E-state index < -0.39 is 17.9 Å². The summed E-state index contributed by atoms with van der Waals surface area (Å²) in [5, 5.41) is 21.8. The summed E-state index contributed by atoms with van der Waals surface area (Å²) >= 11 is 0. The van der Waals surface area contributed by atoms with Crippen LogP contribution in [-0.4, -0.2) is 48.1 Å². The zero-order chi connectivity index (χ0) is 12.4. The largest absolute Gasteiger partial charge is 0.481 e. The molecule has 0 fully saturated rings. The molecule has 90 valence electrons. The number of carbonyl (C=O) groups excluding carboxylic acids is 2. The maximum atomic E-state index is 11.0. The molecule has 0 aliphatic heterocycles. The number of nitrogens with one attached hydrogen (secondary N) is 2. The van der Waals surface area contributed by atoms with Gasteiger partial charge in [0.05, 0.1) is 6.42 Å². The lowest BCUT2D eigenvalue weighted by molar-refractivity contribution is -0.138. The number of isocyanates is 1. The van der Waals surface area contributed by atoms with Crippen molar-refractivity contribution < 1.29 is 24.6 Å². The van der Waals surface area contributed by atoms with Crippen LogP contribution in [0.15, 0.2) is 4.99 Å². The Morgan fingerprint density at radius 1 is 1.38 bits per heavy atom. The van der Waals surface area contributed by atoms with E-state index in [1.807, 2.05) is 0 Å². The number of urea groups is 1. The van der Waals surface area contributed by atoms with Crippen molar-refractivity contribution in [3.8, 4) is 0 Å². The lowest BCUT2D eigenvalue weighted by atomic mass is 10.1. The number of carboxylic acids is 1. The number of nitrogens with zero attached hydrogens (tertiary/aromatic N) is 1. The maximum absolute atomic E-state index is 11.0. The molecule has 0 radical (unpaired) electrons. The first-order valence-electron chi connectivity index (χ1n) is 4.48. The summed E-state index contributed by atoms with van der Waals surface area (Å²) in [4.78, 5) is 34.1. The monoisotopic (exact) mass is 231 g/mol. The Kier molecular flexibility index (Phi) is 7.39. The van der Waals surface area contributed by atoms with Gasteiger partial charge in [-0.15, -0.1) is 0 Å². The number of aliphatic hydroxyl groups excluding tert-OH is 1. The second-order valence-corrected chi connectivity index (χ2v) is 2.94. The molecule has 0 aromatic heterocycles. The number of aliphatic hydroxyl groups is 1. The van der Waals surface area contributed by atoms with Crippen molar-refractivity contribution in [2.24, 2.45) is 10.9 Å². The number of carbonyl (C=O) groups is 2. The van der Waals surface area contributed by atoms with E-state index >= 15 is 0 Å². The standard InChI is InChI=1S/C8H13N3O5/c12-3-6(1-7(14)15)2-10-8(16)11-4-9-5-13/h6,12H,1-4H2,(H,14,15)(H2,10,11,16). The molecule has 0 saturated heterocycles. The molecule has 8 nitrogen and oxygen atoms in total. The molecule has 0 saturated carbocycles. The van der Waals surface area contributed by atoms with Crippen LogP contribution in [-0.2, 0) is 9.59 Å². The number of amides is 2. The maximum Gasteiger partial charge on any atom is 0.316 e. The third-order valence-corrected chi connectivity index (χ3v) is 1.66. The molecule has 0 aromatic carbocycles. The highest BCUT2D eigenvalue weighted by Crippen LogP contribution is 1.99. The molecular formula is C8H13N3O5. The fraction of sp³-hybridized carbons (Fsp3) is 0.625. The third kappa shape index (κ3) is 7.48. The highest BCUT2D eigenvalue weighted by atomic mass is 16.4. The van der Waals surface area contributed by atoms with Gasteiger partial charge in [-0.05, 0) is 0 Å². The van der Waals surface area contributed by atoms with Crippen LogP contribution in [0.25, 0.3) is 0 Å². The molecule has 8 heteroatoms. The average Bonchev–Trinajstić information content (AvgIpc) is 2.24. The number of aliphatic imine (C=N–C) groups is 1. The predicted octanol–water partition coefficient (Wildman–Crippen LogP) is -1.34. The molecule has 0 aromatic rings. The van der Waals surface area contributed by atoms with Gasteiger partial charge >= 0.3 is 12.0 Å². The Hall–Kier alpha value is -1.92. The number of aliphatic carboxylic acids is 1. The van der Waals surface area contributed by atoms with Gasteiger partial charge < -0.3 is 20.8 Å². The average molecular weight is 231 g/mol. The van der Waals surface area contributed by atoms with E-state index in [2.05, 4.69) is 15.6 Å². The van der Waals surface area contributed by atoms with Crippen molar-refractivity contribution in [3.05, 3.63) is 0 Å². The molecule has 4 N–H and O–H groups in total. The van der Waals surface area contributed by atoms with Crippen molar-refractivity contribution >= 4 is 18.1 Å². The smallest absolute Gasteiger partial charge is 0.316 e. The van der Waals surface area contributed by atoms with Crippen molar-refractivity contribution in [2.75, 3.05) is 19.8 Å². The number of rotatable bonds is 7. The number of carboxylic acid groups (broad SMARTS) is 1. The fourth-order valence-electron chi connectivity index (χ4n) is 0.891. The van der Waals surface area contributed by atoms with Gasteiger partial charge in [-0.25, -0.2) is 9.59 Å². The zero-order valence-corrected chi connectivity index (χ0v) is 8.47. The highest BCUT2D eigenvalue weighted by Gasteiger charge is 2.12. The summed E-state index contributed by atoms with van der Waals surface area (Å²) in [6.45, 7) is -0.503. The Balaban J connectivity index is 3.78. The van der Waals surface area contributed by atoms with Crippen molar-refractivity contribution in [1.29, 1.82) is 0 Å². The topological polar surface area (TPSA) is 128 Å². The van der Waals surface area contributed by atoms with Gasteiger partial charge in [-0.1, -0.05) is 0 Å². The summed E-state index contributed by atoms with van der Waals surface area (Å²) < 4.78 is 0. The minimum Gasteiger partial charge on any atom is -0.481 e. The molecule has 1 unspecified atom stereocenters.